The highest BCUT2D eigenvalue weighted by Crippen LogP contribution is 2.38. The predicted octanol–water partition coefficient (Wildman–Crippen LogP) is 5.27. The van der Waals surface area contributed by atoms with Crippen molar-refractivity contribution in [3.05, 3.63) is 88.9 Å². The van der Waals surface area contributed by atoms with Crippen LogP contribution in [-0.2, 0) is 27.5 Å². The number of hydrogen-bond acceptors (Lipinski definition) is 4. The molecule has 0 spiro atoms. The van der Waals surface area contributed by atoms with Crippen LogP contribution < -0.4 is 14.4 Å². The monoisotopic (exact) mass is 526 g/mol. The van der Waals surface area contributed by atoms with Gasteiger partial charge >= 0.3 is 6.18 Å². The lowest BCUT2D eigenvalue weighted by Crippen LogP contribution is -2.40. The molecule has 0 aliphatic rings. The molecule has 1 N–H and O–H groups in total. The Kier molecular flexibility index (Phi) is 8.29. The van der Waals surface area contributed by atoms with Crippen molar-refractivity contribution in [2.24, 2.45) is 0 Å². The topological polar surface area (TPSA) is 75.7 Å². The standard InChI is InChI=1S/C24H22ClF3N2O4S/c1-2-34-19-11-8-17(9-12-19)15-29-23(31)16-30(35(32,33)20-6-4-3-5-7-20)18-10-13-22(25)21(14-18)24(26,27)28/h3-14H,2,15-16H2,1H3,(H,29,31). The molecule has 0 fully saturated rings. The zero-order valence-electron chi connectivity index (χ0n) is 18.5. The molecule has 0 aromatic heterocycles. The SMILES string of the molecule is CCOc1ccc(CNC(=O)CN(c2ccc(Cl)c(C(F)(F)F)c2)S(=O)(=O)c2ccccc2)cc1. The molecule has 0 bridgehead atoms. The van der Waals surface area contributed by atoms with Crippen molar-refractivity contribution in [2.75, 3.05) is 17.5 Å². The fraction of sp³-hybridized carbons (Fsp3) is 0.208. The fourth-order valence-corrected chi connectivity index (χ4v) is 4.84. The van der Waals surface area contributed by atoms with E-state index < -0.39 is 39.2 Å². The van der Waals surface area contributed by atoms with Gasteiger partial charge in [-0.1, -0.05) is 41.9 Å². The predicted molar refractivity (Wildman–Crippen MR) is 127 cm³/mol. The molecule has 0 atom stereocenters. The van der Waals surface area contributed by atoms with Crippen LogP contribution >= 0.6 is 11.6 Å². The van der Waals surface area contributed by atoms with Crippen molar-refractivity contribution in [1.29, 1.82) is 0 Å². The van der Waals surface area contributed by atoms with Crippen molar-refractivity contribution in [3.63, 3.8) is 0 Å². The van der Waals surface area contributed by atoms with E-state index in [0.29, 0.717) is 22.7 Å². The summed E-state index contributed by atoms with van der Waals surface area (Å²) >= 11 is 5.69. The van der Waals surface area contributed by atoms with E-state index in [0.717, 1.165) is 17.7 Å². The smallest absolute Gasteiger partial charge is 0.417 e. The molecule has 35 heavy (non-hydrogen) atoms. The van der Waals surface area contributed by atoms with Crippen molar-refractivity contribution >= 4 is 33.2 Å². The molecule has 186 valence electrons. The Morgan fingerprint density at radius 1 is 1.03 bits per heavy atom. The summed E-state index contributed by atoms with van der Waals surface area (Å²) in [6.07, 6.45) is -4.81. The minimum absolute atomic E-state index is 0.0822. The Morgan fingerprint density at radius 3 is 2.29 bits per heavy atom. The number of benzene rings is 3. The van der Waals surface area contributed by atoms with E-state index in [9.17, 15) is 26.4 Å². The molecule has 0 radical (unpaired) electrons. The molecule has 11 heteroatoms. The molecule has 0 saturated carbocycles. The normalized spacial score (nSPS) is 11.7. The Bertz CT molecular complexity index is 1270. The molecule has 0 unspecified atom stereocenters. The summed E-state index contributed by atoms with van der Waals surface area (Å²) in [6.45, 7) is 1.69. The van der Waals surface area contributed by atoms with Gasteiger partial charge in [0, 0.05) is 6.54 Å². The molecule has 1 amide bonds. The van der Waals surface area contributed by atoms with Crippen molar-refractivity contribution < 1.29 is 31.1 Å². The highest BCUT2D eigenvalue weighted by Gasteiger charge is 2.35. The molecule has 0 saturated heterocycles. The number of hydrogen-bond donors (Lipinski definition) is 1. The molecule has 0 aliphatic heterocycles. The van der Waals surface area contributed by atoms with Crippen LogP contribution in [0.15, 0.2) is 77.7 Å². The van der Waals surface area contributed by atoms with Crippen LogP contribution in [0.3, 0.4) is 0 Å². The Hall–Kier alpha value is -3.24. The first kappa shape index (κ1) is 26.4. The lowest BCUT2D eigenvalue weighted by atomic mass is 10.2. The van der Waals surface area contributed by atoms with Gasteiger partial charge in [-0.25, -0.2) is 8.42 Å². The molecule has 3 aromatic carbocycles. The molecular weight excluding hydrogens is 505 g/mol. The second kappa shape index (κ2) is 11.0. The van der Waals surface area contributed by atoms with Gasteiger partial charge in [0.2, 0.25) is 5.91 Å². The number of carbonyl (C=O) groups is 1. The lowest BCUT2D eigenvalue weighted by Gasteiger charge is -2.25. The van der Waals surface area contributed by atoms with Crippen molar-refractivity contribution in [3.8, 4) is 5.75 Å². The summed E-state index contributed by atoms with van der Waals surface area (Å²) in [5.41, 5.74) is -0.827. The van der Waals surface area contributed by atoms with Gasteiger partial charge in [0.25, 0.3) is 10.0 Å². The number of amides is 1. The van der Waals surface area contributed by atoms with Crippen LogP contribution in [-0.4, -0.2) is 27.5 Å². The Morgan fingerprint density at radius 2 is 1.69 bits per heavy atom. The first-order valence-electron chi connectivity index (χ1n) is 10.5. The summed E-state index contributed by atoms with van der Waals surface area (Å²) < 4.78 is 72.9. The minimum atomic E-state index is -4.81. The van der Waals surface area contributed by atoms with Crippen LogP contribution in [0.4, 0.5) is 18.9 Å². The number of nitrogens with one attached hydrogen (secondary N) is 1. The van der Waals surface area contributed by atoms with Gasteiger partial charge in [0.1, 0.15) is 12.3 Å². The highest BCUT2D eigenvalue weighted by atomic mass is 35.5. The molecule has 3 aromatic rings. The summed E-state index contributed by atoms with van der Waals surface area (Å²) in [4.78, 5) is 12.5. The first-order chi connectivity index (χ1) is 16.5. The number of nitrogens with zero attached hydrogens (tertiary/aromatic N) is 1. The van der Waals surface area contributed by atoms with E-state index >= 15 is 0 Å². The van der Waals surface area contributed by atoms with Crippen molar-refractivity contribution in [2.45, 2.75) is 24.5 Å². The summed E-state index contributed by atoms with van der Waals surface area (Å²) in [7, 11) is -4.37. The third-order valence-corrected chi connectivity index (χ3v) is 7.00. The summed E-state index contributed by atoms with van der Waals surface area (Å²) in [6, 6.07) is 16.7. The van der Waals surface area contributed by atoms with Crippen LogP contribution in [0.25, 0.3) is 0 Å². The number of alkyl halides is 3. The number of anilines is 1. The second-order valence-corrected chi connectivity index (χ2v) is 9.61. The number of halogens is 4. The van der Waals surface area contributed by atoms with Gasteiger partial charge in [-0.3, -0.25) is 9.10 Å². The largest absolute Gasteiger partial charge is 0.494 e. The van der Waals surface area contributed by atoms with Crippen LogP contribution in [0.2, 0.25) is 5.02 Å². The summed E-state index contributed by atoms with van der Waals surface area (Å²) in [5.74, 6) is -0.0483. The second-order valence-electron chi connectivity index (χ2n) is 7.34. The summed E-state index contributed by atoms with van der Waals surface area (Å²) in [5, 5.41) is 2.01. The van der Waals surface area contributed by atoms with Crippen LogP contribution in [0, 0.1) is 0 Å². The Balaban J connectivity index is 1.88. The van der Waals surface area contributed by atoms with Gasteiger partial charge < -0.3 is 10.1 Å². The average molecular weight is 527 g/mol. The third kappa shape index (κ3) is 6.67. The van der Waals surface area contributed by atoms with E-state index in [1.54, 1.807) is 30.3 Å². The molecule has 0 aliphatic carbocycles. The van der Waals surface area contributed by atoms with E-state index in [1.165, 1.54) is 24.3 Å². The van der Waals surface area contributed by atoms with E-state index in [1.807, 2.05) is 6.92 Å². The van der Waals surface area contributed by atoms with E-state index in [2.05, 4.69) is 5.32 Å². The van der Waals surface area contributed by atoms with Gasteiger partial charge in [-0.2, -0.15) is 13.2 Å². The van der Waals surface area contributed by atoms with Crippen molar-refractivity contribution in [1.82, 2.24) is 5.32 Å². The molecule has 6 nitrogen and oxygen atoms in total. The molecule has 3 rings (SSSR count). The highest BCUT2D eigenvalue weighted by molar-refractivity contribution is 7.92. The number of ether oxygens (including phenoxy) is 1. The van der Waals surface area contributed by atoms with Gasteiger partial charge in [-0.05, 0) is 55.0 Å². The van der Waals surface area contributed by atoms with E-state index in [4.69, 9.17) is 16.3 Å². The fourth-order valence-electron chi connectivity index (χ4n) is 3.18. The molecule has 0 heterocycles. The third-order valence-electron chi connectivity index (χ3n) is 4.89. The first-order valence-corrected chi connectivity index (χ1v) is 12.3. The minimum Gasteiger partial charge on any atom is -0.494 e. The quantitative estimate of drug-likeness (QED) is 0.412. The number of carbonyl (C=O) groups excluding carboxylic acids is 1. The lowest BCUT2D eigenvalue weighted by molar-refractivity contribution is -0.137. The van der Waals surface area contributed by atoms with Crippen LogP contribution in [0.5, 0.6) is 5.75 Å². The maximum Gasteiger partial charge on any atom is 0.417 e. The number of rotatable bonds is 9. The van der Waals surface area contributed by atoms with Gasteiger partial charge in [0.15, 0.2) is 0 Å². The average Bonchev–Trinajstić information content (AvgIpc) is 2.82. The van der Waals surface area contributed by atoms with E-state index in [-0.39, 0.29) is 17.1 Å². The maximum atomic E-state index is 13.4. The van der Waals surface area contributed by atoms with Crippen LogP contribution in [0.1, 0.15) is 18.1 Å². The molecular formula is C24H22ClF3N2O4S. The maximum absolute atomic E-state index is 13.4. The Labute approximate surface area is 206 Å². The number of sulfonamides is 1. The zero-order chi connectivity index (χ0) is 25.6. The zero-order valence-corrected chi connectivity index (χ0v) is 20.1. The van der Waals surface area contributed by atoms with Gasteiger partial charge in [0.05, 0.1) is 27.8 Å². The van der Waals surface area contributed by atoms with Gasteiger partial charge in [-0.15, -0.1) is 0 Å².